The predicted octanol–water partition coefficient (Wildman–Crippen LogP) is 3.59. The Morgan fingerprint density at radius 3 is 2.33 bits per heavy atom. The molecule has 0 aliphatic carbocycles. The summed E-state index contributed by atoms with van der Waals surface area (Å²) in [5, 5.41) is 4.84. The van der Waals surface area contributed by atoms with Gasteiger partial charge in [-0.15, -0.1) is 0 Å². The number of likely N-dealkylation sites (tertiary alicyclic amines) is 1. The summed E-state index contributed by atoms with van der Waals surface area (Å²) in [6.45, 7) is 1.00. The van der Waals surface area contributed by atoms with Crippen LogP contribution in [0.15, 0.2) is 72.8 Å². The van der Waals surface area contributed by atoms with Crippen molar-refractivity contribution in [2.75, 3.05) is 20.2 Å². The number of ether oxygens (including phenoxy) is 1. The second-order valence-corrected chi connectivity index (χ2v) is 8.37. The van der Waals surface area contributed by atoms with Gasteiger partial charge in [0.15, 0.2) is 0 Å². The zero-order chi connectivity index (χ0) is 23.2. The largest absolute Gasteiger partial charge is 0.467 e. The van der Waals surface area contributed by atoms with Gasteiger partial charge in [0.2, 0.25) is 5.91 Å². The highest BCUT2D eigenvalue weighted by molar-refractivity contribution is 6.07. The number of carbonyl (C=O) groups is 3. The SMILES string of the molecule is COC(=O)[C@H](Cc1ccccc1)NC(=O)C1CCN(C(=O)c2cccc3ccccc23)CC1. The van der Waals surface area contributed by atoms with E-state index in [0.29, 0.717) is 37.9 Å². The van der Waals surface area contributed by atoms with Crippen LogP contribution in [-0.4, -0.2) is 48.9 Å². The molecule has 1 saturated heterocycles. The molecule has 170 valence electrons. The molecule has 0 bridgehead atoms. The maximum absolute atomic E-state index is 13.2. The Labute approximate surface area is 193 Å². The summed E-state index contributed by atoms with van der Waals surface area (Å²) in [5.41, 5.74) is 1.63. The van der Waals surface area contributed by atoms with Crippen molar-refractivity contribution >= 4 is 28.6 Å². The summed E-state index contributed by atoms with van der Waals surface area (Å²) >= 11 is 0. The average Bonchev–Trinajstić information content (AvgIpc) is 2.87. The zero-order valence-electron chi connectivity index (χ0n) is 18.7. The average molecular weight is 445 g/mol. The highest BCUT2D eigenvalue weighted by Gasteiger charge is 2.31. The lowest BCUT2D eigenvalue weighted by Crippen LogP contribution is -2.48. The van der Waals surface area contributed by atoms with E-state index in [-0.39, 0.29) is 17.7 Å². The first kappa shape index (κ1) is 22.5. The predicted molar refractivity (Wildman–Crippen MR) is 127 cm³/mol. The highest BCUT2D eigenvalue weighted by Crippen LogP contribution is 2.24. The van der Waals surface area contributed by atoms with Crippen LogP contribution >= 0.6 is 0 Å². The van der Waals surface area contributed by atoms with E-state index in [4.69, 9.17) is 4.74 Å². The molecule has 1 aliphatic heterocycles. The van der Waals surface area contributed by atoms with Crippen molar-refractivity contribution in [3.05, 3.63) is 83.9 Å². The molecule has 4 rings (SSSR count). The Bertz CT molecular complexity index is 1130. The Morgan fingerprint density at radius 1 is 0.939 bits per heavy atom. The number of hydrogen-bond acceptors (Lipinski definition) is 4. The number of rotatable bonds is 6. The Hall–Kier alpha value is -3.67. The molecule has 1 aliphatic rings. The van der Waals surface area contributed by atoms with Crippen LogP contribution in [0.2, 0.25) is 0 Å². The van der Waals surface area contributed by atoms with Crippen LogP contribution in [0.3, 0.4) is 0 Å². The Balaban J connectivity index is 1.38. The van der Waals surface area contributed by atoms with Crippen molar-refractivity contribution in [3.63, 3.8) is 0 Å². The van der Waals surface area contributed by atoms with Crippen LogP contribution in [0.25, 0.3) is 10.8 Å². The molecule has 1 N–H and O–H groups in total. The summed E-state index contributed by atoms with van der Waals surface area (Å²) in [4.78, 5) is 40.1. The first-order valence-electron chi connectivity index (χ1n) is 11.3. The summed E-state index contributed by atoms with van der Waals surface area (Å²) in [5.74, 6) is -0.888. The molecule has 0 saturated carbocycles. The van der Waals surface area contributed by atoms with Crippen molar-refractivity contribution in [2.24, 2.45) is 5.92 Å². The molecule has 0 spiro atoms. The van der Waals surface area contributed by atoms with E-state index in [1.54, 1.807) is 0 Å². The minimum atomic E-state index is -0.736. The lowest BCUT2D eigenvalue weighted by atomic mass is 9.94. The van der Waals surface area contributed by atoms with Crippen LogP contribution in [-0.2, 0) is 20.7 Å². The molecule has 2 amide bonds. The van der Waals surface area contributed by atoms with Crippen LogP contribution < -0.4 is 5.32 Å². The molecular formula is C27H28N2O4. The molecule has 0 aromatic heterocycles. The number of nitrogens with zero attached hydrogens (tertiary/aromatic N) is 1. The van der Waals surface area contributed by atoms with Crippen molar-refractivity contribution in [1.29, 1.82) is 0 Å². The summed E-state index contributed by atoms with van der Waals surface area (Å²) in [6.07, 6.45) is 1.49. The second-order valence-electron chi connectivity index (χ2n) is 8.37. The fourth-order valence-electron chi connectivity index (χ4n) is 4.40. The van der Waals surface area contributed by atoms with E-state index in [1.165, 1.54) is 7.11 Å². The maximum Gasteiger partial charge on any atom is 0.328 e. The van der Waals surface area contributed by atoms with Crippen LogP contribution in [0, 0.1) is 5.92 Å². The van der Waals surface area contributed by atoms with Gasteiger partial charge in [-0.1, -0.05) is 66.7 Å². The lowest BCUT2D eigenvalue weighted by molar-refractivity contribution is -0.145. The van der Waals surface area contributed by atoms with Gasteiger partial charge >= 0.3 is 5.97 Å². The van der Waals surface area contributed by atoms with E-state index in [1.807, 2.05) is 77.7 Å². The molecule has 6 nitrogen and oxygen atoms in total. The monoisotopic (exact) mass is 444 g/mol. The third kappa shape index (κ3) is 5.22. The quantitative estimate of drug-likeness (QED) is 0.590. The fraction of sp³-hybridized carbons (Fsp3) is 0.296. The first-order chi connectivity index (χ1) is 16.1. The minimum absolute atomic E-state index is 0.0119. The molecule has 1 atom stereocenters. The van der Waals surface area contributed by atoms with Gasteiger partial charge in [-0.25, -0.2) is 4.79 Å². The number of nitrogens with one attached hydrogen (secondary N) is 1. The van der Waals surface area contributed by atoms with Crippen LogP contribution in [0.5, 0.6) is 0 Å². The molecule has 0 radical (unpaired) electrons. The summed E-state index contributed by atoms with van der Waals surface area (Å²) in [7, 11) is 1.32. The summed E-state index contributed by atoms with van der Waals surface area (Å²) < 4.78 is 4.90. The van der Waals surface area contributed by atoms with E-state index in [9.17, 15) is 14.4 Å². The second kappa shape index (κ2) is 10.3. The van der Waals surface area contributed by atoms with Crippen LogP contribution in [0.4, 0.5) is 0 Å². The van der Waals surface area contributed by atoms with E-state index >= 15 is 0 Å². The molecule has 6 heteroatoms. The van der Waals surface area contributed by atoms with Gasteiger partial charge in [0.1, 0.15) is 6.04 Å². The molecular weight excluding hydrogens is 416 g/mol. The topological polar surface area (TPSA) is 75.7 Å². The van der Waals surface area contributed by atoms with Crippen molar-refractivity contribution < 1.29 is 19.1 Å². The highest BCUT2D eigenvalue weighted by atomic mass is 16.5. The van der Waals surface area contributed by atoms with Gasteiger partial charge in [-0.2, -0.15) is 0 Å². The van der Waals surface area contributed by atoms with Crippen molar-refractivity contribution in [3.8, 4) is 0 Å². The number of esters is 1. The van der Waals surface area contributed by atoms with E-state index < -0.39 is 12.0 Å². The third-order valence-electron chi connectivity index (χ3n) is 6.26. The standard InChI is InChI=1S/C27H28N2O4/c1-33-27(32)24(18-19-8-3-2-4-9-19)28-25(30)21-14-16-29(17-15-21)26(31)23-13-7-11-20-10-5-6-12-22(20)23/h2-13,21,24H,14-18H2,1H3,(H,28,30)/t24-/m0/s1. The third-order valence-corrected chi connectivity index (χ3v) is 6.26. The van der Waals surface area contributed by atoms with Gasteiger partial charge in [0, 0.05) is 31.0 Å². The van der Waals surface area contributed by atoms with Gasteiger partial charge in [-0.05, 0) is 35.2 Å². The number of piperidine rings is 1. The number of carbonyl (C=O) groups excluding carboxylic acids is 3. The first-order valence-corrected chi connectivity index (χ1v) is 11.3. The molecule has 1 fully saturated rings. The fourth-order valence-corrected chi connectivity index (χ4v) is 4.40. The molecule has 3 aromatic rings. The molecule has 1 heterocycles. The lowest BCUT2D eigenvalue weighted by Gasteiger charge is -2.32. The van der Waals surface area contributed by atoms with Gasteiger partial charge in [-0.3, -0.25) is 9.59 Å². The number of hydrogen-bond donors (Lipinski definition) is 1. The van der Waals surface area contributed by atoms with E-state index in [2.05, 4.69) is 5.32 Å². The van der Waals surface area contributed by atoms with Crippen molar-refractivity contribution in [1.82, 2.24) is 10.2 Å². The number of methoxy groups -OCH3 is 1. The molecule has 0 unspecified atom stereocenters. The smallest absolute Gasteiger partial charge is 0.328 e. The van der Waals surface area contributed by atoms with Gasteiger partial charge < -0.3 is 15.0 Å². The molecule has 33 heavy (non-hydrogen) atoms. The Kier molecular flexibility index (Phi) is 7.03. The minimum Gasteiger partial charge on any atom is -0.467 e. The van der Waals surface area contributed by atoms with Crippen molar-refractivity contribution in [2.45, 2.75) is 25.3 Å². The number of amides is 2. The van der Waals surface area contributed by atoms with Gasteiger partial charge in [0.25, 0.3) is 5.91 Å². The maximum atomic E-state index is 13.2. The van der Waals surface area contributed by atoms with Crippen LogP contribution in [0.1, 0.15) is 28.8 Å². The normalized spacial score (nSPS) is 15.1. The zero-order valence-corrected chi connectivity index (χ0v) is 18.7. The van der Waals surface area contributed by atoms with E-state index in [0.717, 1.165) is 16.3 Å². The number of benzene rings is 3. The Morgan fingerprint density at radius 2 is 1.61 bits per heavy atom. The summed E-state index contributed by atoms with van der Waals surface area (Å²) in [6, 6.07) is 22.4. The molecule has 3 aromatic carbocycles. The number of fused-ring (bicyclic) bond motifs is 1. The van der Waals surface area contributed by atoms with Gasteiger partial charge in [0.05, 0.1) is 7.11 Å².